The van der Waals surface area contributed by atoms with Crippen LogP contribution < -0.4 is 0 Å². The first kappa shape index (κ1) is 17.5. The van der Waals surface area contributed by atoms with E-state index in [1.54, 1.807) is 0 Å². The molecule has 1 atom stereocenters. The average Bonchev–Trinajstić information content (AvgIpc) is 3.37. The van der Waals surface area contributed by atoms with E-state index in [9.17, 15) is 9.59 Å². The highest BCUT2D eigenvalue weighted by Crippen LogP contribution is 2.27. The number of fused-ring (bicyclic) bond motifs is 1. The fraction of sp³-hybridized carbons (Fsp3) is 0.619. The van der Waals surface area contributed by atoms with Gasteiger partial charge in [-0.15, -0.1) is 0 Å². The van der Waals surface area contributed by atoms with Gasteiger partial charge in [-0.2, -0.15) is 0 Å². The van der Waals surface area contributed by atoms with Crippen molar-refractivity contribution in [2.24, 2.45) is 0 Å². The molecule has 3 aliphatic rings. The van der Waals surface area contributed by atoms with Gasteiger partial charge in [-0.25, -0.2) is 0 Å². The molecule has 1 unspecified atom stereocenters. The van der Waals surface area contributed by atoms with Crippen LogP contribution in [0.4, 0.5) is 0 Å². The lowest BCUT2D eigenvalue weighted by atomic mass is 9.96. The maximum absolute atomic E-state index is 13.2. The van der Waals surface area contributed by atoms with Gasteiger partial charge in [0.25, 0.3) is 5.91 Å². The van der Waals surface area contributed by atoms with E-state index in [2.05, 4.69) is 21.9 Å². The first-order valence-electron chi connectivity index (χ1n) is 10.1. The summed E-state index contributed by atoms with van der Waals surface area (Å²) in [7, 11) is 0. The smallest absolute Gasteiger partial charge is 0.255 e. The summed E-state index contributed by atoms with van der Waals surface area (Å²) in [5, 5.41) is 0. The van der Waals surface area contributed by atoms with E-state index in [4.69, 9.17) is 0 Å². The van der Waals surface area contributed by atoms with Crippen molar-refractivity contribution in [3.63, 3.8) is 0 Å². The van der Waals surface area contributed by atoms with Crippen molar-refractivity contribution < 1.29 is 9.59 Å². The molecule has 4 rings (SSSR count). The second-order valence-electron chi connectivity index (χ2n) is 7.77. The Morgan fingerprint density at radius 3 is 2.62 bits per heavy atom. The maximum atomic E-state index is 13.2. The Morgan fingerprint density at radius 1 is 1.04 bits per heavy atom. The molecule has 5 nitrogen and oxygen atoms in total. The van der Waals surface area contributed by atoms with Crippen LogP contribution in [-0.2, 0) is 17.8 Å². The van der Waals surface area contributed by atoms with Crippen LogP contribution in [0.5, 0.6) is 0 Å². The maximum Gasteiger partial charge on any atom is 0.255 e. The zero-order chi connectivity index (χ0) is 18.1. The quantitative estimate of drug-likeness (QED) is 0.837. The van der Waals surface area contributed by atoms with Crippen LogP contribution in [0.1, 0.15) is 60.5 Å². The minimum absolute atomic E-state index is 0.175. The van der Waals surface area contributed by atoms with E-state index in [-0.39, 0.29) is 11.8 Å². The fourth-order valence-corrected chi connectivity index (χ4v) is 4.69. The lowest BCUT2D eigenvalue weighted by Crippen LogP contribution is -2.46. The second kappa shape index (κ2) is 7.39. The lowest BCUT2D eigenvalue weighted by molar-refractivity contribution is -0.131. The van der Waals surface area contributed by atoms with E-state index >= 15 is 0 Å². The van der Waals surface area contributed by atoms with Gasteiger partial charge in [0.05, 0.1) is 6.17 Å². The highest BCUT2D eigenvalue weighted by molar-refractivity contribution is 5.95. The van der Waals surface area contributed by atoms with Crippen LogP contribution >= 0.6 is 0 Å². The molecular weight excluding hydrogens is 326 g/mol. The minimum Gasteiger partial charge on any atom is -0.338 e. The Bertz CT molecular complexity index is 696. The summed E-state index contributed by atoms with van der Waals surface area (Å²) in [6.07, 6.45) is 6.40. The van der Waals surface area contributed by atoms with Crippen molar-refractivity contribution >= 4 is 11.8 Å². The van der Waals surface area contributed by atoms with Gasteiger partial charge in [-0.3, -0.25) is 14.5 Å². The Hall–Kier alpha value is -1.88. The average molecular weight is 355 g/mol. The number of carbonyl (C=O) groups excluding carboxylic acids is 2. The molecule has 3 heterocycles. The number of nitrogens with zero attached hydrogens (tertiary/aromatic N) is 3. The number of hydrogen-bond donors (Lipinski definition) is 0. The summed E-state index contributed by atoms with van der Waals surface area (Å²) < 4.78 is 0. The largest absolute Gasteiger partial charge is 0.338 e. The van der Waals surface area contributed by atoms with Crippen LogP contribution in [0.2, 0.25) is 0 Å². The van der Waals surface area contributed by atoms with Gasteiger partial charge in [0.1, 0.15) is 0 Å². The molecule has 0 spiro atoms. The minimum atomic E-state index is 0.175. The van der Waals surface area contributed by atoms with E-state index in [1.165, 1.54) is 24.0 Å². The van der Waals surface area contributed by atoms with Crippen molar-refractivity contribution in [1.29, 1.82) is 0 Å². The third-order valence-corrected chi connectivity index (χ3v) is 6.16. The monoisotopic (exact) mass is 355 g/mol. The van der Waals surface area contributed by atoms with Gasteiger partial charge in [-0.1, -0.05) is 13.0 Å². The number of benzene rings is 1. The van der Waals surface area contributed by atoms with Crippen LogP contribution in [0.25, 0.3) is 0 Å². The SMILES string of the molecule is CCC(=O)N1CCc2cc(C(=O)N3CCCC3N3CCCC3)ccc2C1. The third kappa shape index (κ3) is 3.25. The fourth-order valence-electron chi connectivity index (χ4n) is 4.69. The number of hydrogen-bond acceptors (Lipinski definition) is 3. The predicted octanol–water partition coefficient (Wildman–Crippen LogP) is 2.64. The molecule has 0 aliphatic carbocycles. The summed E-state index contributed by atoms with van der Waals surface area (Å²) in [6.45, 7) is 6.47. The topological polar surface area (TPSA) is 43.9 Å². The van der Waals surface area contributed by atoms with Crippen molar-refractivity contribution in [3.8, 4) is 0 Å². The van der Waals surface area contributed by atoms with Crippen LogP contribution in [-0.4, -0.2) is 58.9 Å². The molecule has 0 radical (unpaired) electrons. The first-order chi connectivity index (χ1) is 12.7. The Morgan fingerprint density at radius 2 is 1.85 bits per heavy atom. The van der Waals surface area contributed by atoms with Crippen molar-refractivity contribution in [3.05, 3.63) is 34.9 Å². The van der Waals surface area contributed by atoms with Crippen LogP contribution in [0.3, 0.4) is 0 Å². The lowest BCUT2D eigenvalue weighted by Gasteiger charge is -2.33. The van der Waals surface area contributed by atoms with Crippen molar-refractivity contribution in [1.82, 2.24) is 14.7 Å². The summed E-state index contributed by atoms with van der Waals surface area (Å²) in [6, 6.07) is 6.09. The highest BCUT2D eigenvalue weighted by atomic mass is 16.2. The Labute approximate surface area is 155 Å². The molecule has 0 N–H and O–H groups in total. The van der Waals surface area contributed by atoms with Gasteiger partial charge in [0.2, 0.25) is 5.91 Å². The molecule has 0 bridgehead atoms. The molecule has 0 aromatic heterocycles. The summed E-state index contributed by atoms with van der Waals surface area (Å²) in [5.41, 5.74) is 3.23. The van der Waals surface area contributed by atoms with Gasteiger partial charge in [0.15, 0.2) is 0 Å². The van der Waals surface area contributed by atoms with E-state index in [0.29, 0.717) is 19.1 Å². The molecule has 5 heteroatoms. The third-order valence-electron chi connectivity index (χ3n) is 6.16. The number of carbonyl (C=O) groups is 2. The standard InChI is InChI=1S/C21H29N3O2/c1-2-20(25)23-13-9-16-14-17(7-8-18(16)15-23)21(26)24-12-5-6-19(24)22-10-3-4-11-22/h7-8,14,19H,2-6,9-13,15H2,1H3. The molecule has 140 valence electrons. The van der Waals surface area contributed by atoms with E-state index in [1.807, 2.05) is 17.9 Å². The summed E-state index contributed by atoms with van der Waals surface area (Å²) in [5.74, 6) is 0.385. The van der Waals surface area contributed by atoms with Crippen LogP contribution in [0, 0.1) is 0 Å². The Kier molecular flexibility index (Phi) is 4.98. The molecule has 26 heavy (non-hydrogen) atoms. The molecule has 0 saturated carbocycles. The van der Waals surface area contributed by atoms with Gasteiger partial charge in [-0.05, 0) is 55.4 Å². The van der Waals surface area contributed by atoms with Gasteiger partial charge < -0.3 is 9.80 Å². The first-order valence-corrected chi connectivity index (χ1v) is 10.1. The molecule has 1 aromatic carbocycles. The number of amides is 2. The molecule has 2 fully saturated rings. The van der Waals surface area contributed by atoms with E-state index in [0.717, 1.165) is 51.0 Å². The number of rotatable bonds is 3. The highest BCUT2D eigenvalue weighted by Gasteiger charge is 2.35. The zero-order valence-corrected chi connectivity index (χ0v) is 15.7. The zero-order valence-electron chi connectivity index (χ0n) is 15.7. The summed E-state index contributed by atoms with van der Waals surface area (Å²) >= 11 is 0. The van der Waals surface area contributed by atoms with E-state index < -0.39 is 0 Å². The predicted molar refractivity (Wildman–Crippen MR) is 101 cm³/mol. The molecule has 1 aromatic rings. The molecule has 2 saturated heterocycles. The molecule has 3 aliphatic heterocycles. The normalized spacial score (nSPS) is 23.3. The van der Waals surface area contributed by atoms with Crippen molar-refractivity contribution in [2.75, 3.05) is 26.2 Å². The number of likely N-dealkylation sites (tertiary alicyclic amines) is 2. The van der Waals surface area contributed by atoms with Crippen molar-refractivity contribution in [2.45, 2.75) is 58.2 Å². The Balaban J connectivity index is 1.50. The summed E-state index contributed by atoms with van der Waals surface area (Å²) in [4.78, 5) is 31.6. The molecule has 2 amide bonds. The van der Waals surface area contributed by atoms with Gasteiger partial charge >= 0.3 is 0 Å². The second-order valence-corrected chi connectivity index (χ2v) is 7.77. The van der Waals surface area contributed by atoms with Crippen LogP contribution in [0.15, 0.2) is 18.2 Å². The molecular formula is C21H29N3O2. The van der Waals surface area contributed by atoms with Gasteiger partial charge in [0, 0.05) is 44.7 Å².